The standard InChI is InChI=1S/C45H47ClF3N7O7S/c1-44(2)12-9-30(37(23-44)35-6-3-31(20-38(35)46)45(47,48)49)26-54-14-16-55(17-15-54)32-4-7-36(41(21-32)63-33-19-29-10-13-50-42(29)52-25-33)43(57)53-64(60,61)34-5-8-39(40(22-34)56(58)59)51-24-28-11-18-62-27-28/h3-8,10,13,19-22,25,28,51H,9,11-12,14-18,23-24,26-27H2,1-2H3,(H,50,52)(H,53,57)/t28-/m0/s1. The molecule has 0 bridgehead atoms. The number of fused-ring (bicyclic) bond motifs is 1. The van der Waals surface area contributed by atoms with Gasteiger partial charge >= 0.3 is 6.18 Å². The Balaban J connectivity index is 1.01. The number of sulfonamides is 1. The lowest BCUT2D eigenvalue weighted by atomic mass is 9.72. The molecule has 1 amide bonds. The molecule has 0 saturated carbocycles. The van der Waals surface area contributed by atoms with Crippen LogP contribution in [0.4, 0.5) is 30.2 Å². The lowest BCUT2D eigenvalue weighted by Gasteiger charge is -2.39. The van der Waals surface area contributed by atoms with Crippen molar-refractivity contribution >= 4 is 61.2 Å². The Morgan fingerprint density at radius 1 is 1.08 bits per heavy atom. The van der Waals surface area contributed by atoms with Crippen molar-refractivity contribution < 1.29 is 40.8 Å². The number of benzene rings is 3. The Kier molecular flexibility index (Phi) is 12.7. The number of hydrogen-bond donors (Lipinski definition) is 3. The number of piperazine rings is 1. The highest BCUT2D eigenvalue weighted by atomic mass is 35.5. The Hall–Kier alpha value is -5.69. The number of nitro groups is 1. The summed E-state index contributed by atoms with van der Waals surface area (Å²) in [5.74, 6) is -0.505. The number of nitrogens with one attached hydrogen (secondary N) is 3. The number of carbonyl (C=O) groups is 1. The zero-order chi connectivity index (χ0) is 45.4. The Bertz CT molecular complexity index is 2730. The van der Waals surface area contributed by atoms with Gasteiger partial charge < -0.3 is 24.7 Å². The number of allylic oxidation sites excluding steroid dienone is 1. The van der Waals surface area contributed by atoms with Crippen LogP contribution < -0.4 is 19.7 Å². The number of ether oxygens (including phenoxy) is 2. The van der Waals surface area contributed by atoms with Crippen LogP contribution in [0.25, 0.3) is 16.6 Å². The van der Waals surface area contributed by atoms with Crippen molar-refractivity contribution in [2.75, 3.05) is 62.7 Å². The van der Waals surface area contributed by atoms with E-state index in [1.165, 1.54) is 30.5 Å². The number of anilines is 2. The molecule has 0 spiro atoms. The third-order valence-electron chi connectivity index (χ3n) is 12.1. The van der Waals surface area contributed by atoms with Gasteiger partial charge in [-0.3, -0.25) is 19.8 Å². The van der Waals surface area contributed by atoms with Crippen molar-refractivity contribution in [1.82, 2.24) is 19.6 Å². The third kappa shape index (κ3) is 10.1. The van der Waals surface area contributed by atoms with Crippen LogP contribution in [0.1, 0.15) is 61.0 Å². The van der Waals surface area contributed by atoms with Gasteiger partial charge in [-0.2, -0.15) is 13.2 Å². The number of carbonyl (C=O) groups excluding carboxylic acids is 1. The fourth-order valence-corrected chi connectivity index (χ4v) is 9.74. The van der Waals surface area contributed by atoms with E-state index in [2.05, 4.69) is 43.7 Å². The number of pyridine rings is 1. The molecule has 2 aromatic heterocycles. The van der Waals surface area contributed by atoms with E-state index in [0.717, 1.165) is 54.0 Å². The van der Waals surface area contributed by atoms with Crippen LogP contribution in [0.2, 0.25) is 5.02 Å². The molecule has 1 atom stereocenters. The highest BCUT2D eigenvalue weighted by Gasteiger charge is 2.34. The normalized spacial score (nSPS) is 18.3. The van der Waals surface area contributed by atoms with Gasteiger partial charge in [0.1, 0.15) is 22.8 Å². The number of nitrogens with zero attached hydrogens (tertiary/aromatic N) is 4. The van der Waals surface area contributed by atoms with Gasteiger partial charge in [0.15, 0.2) is 0 Å². The fourth-order valence-electron chi connectivity index (χ4n) is 8.46. The summed E-state index contributed by atoms with van der Waals surface area (Å²) in [6.07, 6.45) is 1.91. The lowest BCUT2D eigenvalue weighted by molar-refractivity contribution is -0.384. The fraction of sp³-hybridized carbons (Fsp3) is 0.378. The first-order chi connectivity index (χ1) is 30.4. The highest BCUT2D eigenvalue weighted by molar-refractivity contribution is 7.90. The molecule has 64 heavy (non-hydrogen) atoms. The summed E-state index contributed by atoms with van der Waals surface area (Å²) in [6, 6.07) is 15.4. The van der Waals surface area contributed by atoms with Gasteiger partial charge in [-0.25, -0.2) is 18.1 Å². The first-order valence-electron chi connectivity index (χ1n) is 20.9. The van der Waals surface area contributed by atoms with Crippen molar-refractivity contribution in [1.29, 1.82) is 0 Å². The van der Waals surface area contributed by atoms with Crippen molar-refractivity contribution in [3.8, 4) is 11.5 Å². The number of amides is 1. The first-order valence-corrected chi connectivity index (χ1v) is 22.8. The smallest absolute Gasteiger partial charge is 0.416 e. The van der Waals surface area contributed by atoms with Gasteiger partial charge in [0.05, 0.1) is 33.7 Å². The molecular weight excluding hydrogens is 875 g/mol. The van der Waals surface area contributed by atoms with Gasteiger partial charge in [0.25, 0.3) is 21.6 Å². The van der Waals surface area contributed by atoms with E-state index in [1.54, 1.807) is 30.5 Å². The average Bonchev–Trinajstić information content (AvgIpc) is 3.96. The number of nitro benzene ring substituents is 1. The number of rotatable bonds is 13. The molecule has 2 aliphatic heterocycles. The summed E-state index contributed by atoms with van der Waals surface area (Å²) < 4.78 is 81.4. The Morgan fingerprint density at radius 2 is 1.88 bits per heavy atom. The summed E-state index contributed by atoms with van der Waals surface area (Å²) in [5.41, 5.74) is 2.85. The zero-order valence-electron chi connectivity index (χ0n) is 35.1. The number of aromatic amines is 1. The van der Waals surface area contributed by atoms with E-state index in [1.807, 2.05) is 0 Å². The van der Waals surface area contributed by atoms with Crippen LogP contribution in [0.15, 0.2) is 89.6 Å². The van der Waals surface area contributed by atoms with Crippen molar-refractivity contribution in [2.24, 2.45) is 11.3 Å². The molecule has 338 valence electrons. The van der Waals surface area contributed by atoms with E-state index >= 15 is 0 Å². The monoisotopic (exact) mass is 921 g/mol. The minimum atomic E-state index is -4.61. The Labute approximate surface area is 373 Å². The van der Waals surface area contributed by atoms with Crippen LogP contribution in [-0.4, -0.2) is 86.6 Å². The first kappa shape index (κ1) is 44.9. The summed E-state index contributed by atoms with van der Waals surface area (Å²) in [7, 11) is -4.61. The minimum Gasteiger partial charge on any atom is -0.455 e. The van der Waals surface area contributed by atoms with E-state index in [4.69, 9.17) is 21.1 Å². The van der Waals surface area contributed by atoms with E-state index in [-0.39, 0.29) is 33.4 Å². The van der Waals surface area contributed by atoms with Crippen molar-refractivity contribution in [3.05, 3.63) is 117 Å². The molecule has 2 saturated heterocycles. The summed E-state index contributed by atoms with van der Waals surface area (Å²) in [5, 5.41) is 15.9. The summed E-state index contributed by atoms with van der Waals surface area (Å²) >= 11 is 6.53. The Morgan fingerprint density at radius 3 is 2.59 bits per heavy atom. The van der Waals surface area contributed by atoms with Crippen LogP contribution in [-0.2, 0) is 20.9 Å². The highest BCUT2D eigenvalue weighted by Crippen LogP contribution is 2.46. The maximum Gasteiger partial charge on any atom is 0.416 e. The van der Waals surface area contributed by atoms with Crippen molar-refractivity contribution in [3.63, 3.8) is 0 Å². The number of halogens is 4. The molecule has 8 rings (SSSR count). The summed E-state index contributed by atoms with van der Waals surface area (Å²) in [6.45, 7) is 8.95. The second-order valence-electron chi connectivity index (χ2n) is 17.2. The lowest BCUT2D eigenvalue weighted by Crippen LogP contribution is -2.47. The number of alkyl halides is 3. The molecular formula is C45H47ClF3N7O7S. The van der Waals surface area contributed by atoms with E-state index in [0.29, 0.717) is 81.6 Å². The second kappa shape index (κ2) is 18.1. The van der Waals surface area contributed by atoms with Gasteiger partial charge in [-0.1, -0.05) is 37.1 Å². The number of hydrogen-bond acceptors (Lipinski definition) is 11. The number of aromatic nitrogens is 2. The molecule has 14 nitrogen and oxygen atoms in total. The molecule has 3 N–H and O–H groups in total. The van der Waals surface area contributed by atoms with Crippen LogP contribution in [0.3, 0.4) is 0 Å². The largest absolute Gasteiger partial charge is 0.455 e. The molecule has 0 radical (unpaired) electrons. The maximum atomic E-state index is 13.9. The topological polar surface area (TPSA) is 172 Å². The van der Waals surface area contributed by atoms with Crippen LogP contribution >= 0.6 is 11.6 Å². The van der Waals surface area contributed by atoms with Crippen LogP contribution in [0.5, 0.6) is 11.5 Å². The second-order valence-corrected chi connectivity index (χ2v) is 19.3. The minimum absolute atomic E-state index is 0.0469. The predicted octanol–water partition coefficient (Wildman–Crippen LogP) is 9.29. The maximum absolute atomic E-state index is 13.9. The SMILES string of the molecule is CC1(C)CCC(CN2CCN(c3ccc(C(=O)NS(=O)(=O)c4ccc(NC[C@@H]5CCOC5)c([N+](=O)[O-])c4)c(Oc4cnc5[nH]ccc5c4)c3)CC2)=C(c2ccc(C(F)(F)F)cc2Cl)C1. The van der Waals surface area contributed by atoms with Crippen LogP contribution in [0, 0.1) is 21.4 Å². The van der Waals surface area contributed by atoms with Gasteiger partial charge in [0, 0.05) is 86.2 Å². The molecule has 3 aliphatic rings. The zero-order valence-corrected chi connectivity index (χ0v) is 36.7. The third-order valence-corrected chi connectivity index (χ3v) is 13.7. The quantitative estimate of drug-likeness (QED) is 0.0759. The molecule has 2 fully saturated rings. The van der Waals surface area contributed by atoms with E-state index in [9.17, 15) is 36.5 Å². The molecule has 3 aromatic carbocycles. The van der Waals surface area contributed by atoms with Crippen molar-refractivity contribution in [2.45, 2.75) is 50.6 Å². The molecule has 5 aromatic rings. The van der Waals surface area contributed by atoms with Gasteiger partial charge in [-0.05, 0) is 90.8 Å². The van der Waals surface area contributed by atoms with E-state index < -0.39 is 43.2 Å². The summed E-state index contributed by atoms with van der Waals surface area (Å²) in [4.78, 5) is 36.6. The average molecular weight is 922 g/mol. The molecule has 4 heterocycles. The molecule has 19 heteroatoms. The van der Waals surface area contributed by atoms with Gasteiger partial charge in [-0.15, -0.1) is 0 Å². The molecule has 0 unspecified atom stereocenters. The van der Waals surface area contributed by atoms with Gasteiger partial charge in [0.2, 0.25) is 0 Å². The predicted molar refractivity (Wildman–Crippen MR) is 237 cm³/mol. The number of H-pyrrole nitrogens is 1. The molecule has 1 aliphatic carbocycles.